The van der Waals surface area contributed by atoms with Crippen LogP contribution in [0.25, 0.3) is 0 Å². The first-order valence-corrected chi connectivity index (χ1v) is 12.7. The first-order chi connectivity index (χ1) is 16.4. The van der Waals surface area contributed by atoms with Crippen LogP contribution in [0.1, 0.15) is 39.1 Å². The van der Waals surface area contributed by atoms with Crippen LogP contribution in [-0.4, -0.2) is 48.7 Å². The summed E-state index contributed by atoms with van der Waals surface area (Å²) in [4.78, 5) is 12.8. The number of carbonyl (C=O) groups excluding carboxylic acids is 1. The van der Waals surface area contributed by atoms with Crippen molar-refractivity contribution >= 4 is 33.0 Å². The molecule has 0 radical (unpaired) electrons. The van der Waals surface area contributed by atoms with Crippen LogP contribution in [0, 0.1) is 11.3 Å². The Hall–Kier alpha value is -3.53. The molecular weight excluding hydrogens is 478 g/mol. The molecule has 0 saturated carbocycles. The Kier molecular flexibility index (Phi) is 5.91. The lowest BCUT2D eigenvalue weighted by Crippen LogP contribution is -2.39. The Balaban J connectivity index is 1.29. The lowest BCUT2D eigenvalue weighted by atomic mass is 10.0. The van der Waals surface area contributed by atoms with Crippen LogP contribution in [0.4, 0.5) is 5.69 Å². The zero-order valence-corrected chi connectivity index (χ0v) is 19.4. The fourth-order valence-electron chi connectivity index (χ4n) is 3.89. The summed E-state index contributed by atoms with van der Waals surface area (Å²) in [6.45, 7) is 0.758. The van der Waals surface area contributed by atoms with Crippen molar-refractivity contribution < 1.29 is 22.7 Å². The first-order valence-electron chi connectivity index (χ1n) is 10.5. The van der Waals surface area contributed by atoms with Gasteiger partial charge in [0.2, 0.25) is 21.8 Å². The van der Waals surface area contributed by atoms with Crippen LogP contribution < -0.4 is 14.8 Å². The molecule has 10 nitrogen and oxygen atoms in total. The Bertz CT molecular complexity index is 1400. The van der Waals surface area contributed by atoms with Gasteiger partial charge in [-0.25, -0.2) is 8.42 Å². The third-order valence-corrected chi connectivity index (χ3v) is 8.55. The molecule has 1 saturated heterocycles. The van der Waals surface area contributed by atoms with Gasteiger partial charge in [0.05, 0.1) is 16.5 Å². The fourth-order valence-corrected chi connectivity index (χ4v) is 6.32. The molecule has 1 N–H and O–H groups in total. The van der Waals surface area contributed by atoms with E-state index in [0.717, 1.165) is 17.8 Å². The Morgan fingerprint density at radius 1 is 1.18 bits per heavy atom. The van der Waals surface area contributed by atoms with Gasteiger partial charge in [-0.1, -0.05) is 17.4 Å². The molecule has 1 aromatic heterocycles. The number of benzene rings is 2. The predicted octanol–water partition coefficient (Wildman–Crippen LogP) is 2.96. The van der Waals surface area contributed by atoms with E-state index >= 15 is 0 Å². The Labute approximate surface area is 199 Å². The number of fused-ring (bicyclic) bond motifs is 1. The zero-order valence-electron chi connectivity index (χ0n) is 17.8. The van der Waals surface area contributed by atoms with E-state index in [2.05, 4.69) is 15.5 Å². The van der Waals surface area contributed by atoms with Gasteiger partial charge in [-0.3, -0.25) is 4.79 Å². The van der Waals surface area contributed by atoms with E-state index in [1.165, 1.54) is 16.4 Å². The van der Waals surface area contributed by atoms with Crippen LogP contribution in [0.15, 0.2) is 47.4 Å². The van der Waals surface area contributed by atoms with Gasteiger partial charge in [-0.05, 0) is 43.2 Å². The van der Waals surface area contributed by atoms with Gasteiger partial charge in [0.15, 0.2) is 11.5 Å². The summed E-state index contributed by atoms with van der Waals surface area (Å²) >= 11 is 1.15. The maximum Gasteiger partial charge on any atom is 0.286 e. The van der Waals surface area contributed by atoms with Gasteiger partial charge < -0.3 is 14.8 Å². The highest BCUT2D eigenvalue weighted by Gasteiger charge is 2.33. The van der Waals surface area contributed by atoms with Crippen LogP contribution in [-0.2, 0) is 10.0 Å². The molecule has 1 fully saturated rings. The third kappa shape index (κ3) is 4.33. The summed E-state index contributed by atoms with van der Waals surface area (Å²) < 4.78 is 38.3. The molecule has 174 valence electrons. The van der Waals surface area contributed by atoms with Gasteiger partial charge in [0, 0.05) is 30.8 Å². The third-order valence-electron chi connectivity index (χ3n) is 5.60. The maximum atomic E-state index is 13.1. The van der Waals surface area contributed by atoms with E-state index in [-0.39, 0.29) is 34.7 Å². The number of rotatable bonds is 5. The molecule has 0 spiro atoms. The number of nitrogens with one attached hydrogen (secondary N) is 1. The van der Waals surface area contributed by atoms with E-state index < -0.39 is 15.9 Å². The van der Waals surface area contributed by atoms with Gasteiger partial charge in [-0.2, -0.15) is 9.57 Å². The van der Waals surface area contributed by atoms with Crippen molar-refractivity contribution in [3.63, 3.8) is 0 Å². The molecule has 12 heteroatoms. The van der Waals surface area contributed by atoms with E-state index in [1.807, 2.05) is 6.07 Å². The van der Waals surface area contributed by atoms with Gasteiger partial charge in [0.25, 0.3) is 5.91 Å². The number of nitrogens with zero attached hydrogens (tertiary/aromatic N) is 4. The molecule has 0 unspecified atom stereocenters. The van der Waals surface area contributed by atoms with Crippen molar-refractivity contribution in [3.8, 4) is 17.6 Å². The molecule has 0 aliphatic carbocycles. The largest absolute Gasteiger partial charge is 0.454 e. The minimum atomic E-state index is -3.75. The van der Waals surface area contributed by atoms with Crippen molar-refractivity contribution in [2.45, 2.75) is 23.7 Å². The van der Waals surface area contributed by atoms with E-state index in [9.17, 15) is 13.2 Å². The van der Waals surface area contributed by atoms with Crippen molar-refractivity contribution in [2.75, 3.05) is 25.2 Å². The summed E-state index contributed by atoms with van der Waals surface area (Å²) in [6, 6.07) is 13.1. The van der Waals surface area contributed by atoms with Crippen molar-refractivity contribution in [2.24, 2.45) is 0 Å². The number of ether oxygens (including phenoxy) is 2. The van der Waals surface area contributed by atoms with E-state index in [1.54, 1.807) is 30.3 Å². The zero-order chi connectivity index (χ0) is 23.7. The highest BCUT2D eigenvalue weighted by Crippen LogP contribution is 2.35. The lowest BCUT2D eigenvalue weighted by molar-refractivity contribution is 0.102. The Morgan fingerprint density at radius 2 is 2.03 bits per heavy atom. The maximum absolute atomic E-state index is 13.1. The summed E-state index contributed by atoms with van der Waals surface area (Å²) in [7, 11) is -3.75. The smallest absolute Gasteiger partial charge is 0.286 e. The molecule has 2 aliphatic rings. The minimum absolute atomic E-state index is 0.0910. The SMILES string of the molecule is N#Cc1cccc(S(=O)(=O)N2CCC[C@@H](c3nnc(C(=O)Nc4ccc5c(c4)OCO5)s3)C2)c1. The average Bonchev–Trinajstić information content (AvgIpc) is 3.54. The van der Waals surface area contributed by atoms with Gasteiger partial charge >= 0.3 is 0 Å². The van der Waals surface area contributed by atoms with Crippen LogP contribution in [0.2, 0.25) is 0 Å². The standard InChI is InChI=1S/C22H19N5O5S2/c23-11-14-3-1-5-17(9-14)34(29,30)27-8-2-4-15(12-27)21-25-26-22(33-21)20(28)24-16-6-7-18-19(10-16)32-13-31-18/h1,3,5-7,9-10,15H,2,4,8,12-13H2,(H,24,28)/t15-/m1/s1. The summed E-state index contributed by atoms with van der Waals surface area (Å²) in [6.07, 6.45) is 1.39. The van der Waals surface area contributed by atoms with E-state index in [4.69, 9.17) is 14.7 Å². The number of carbonyl (C=O) groups is 1. The van der Waals surface area contributed by atoms with Gasteiger partial charge in [-0.15, -0.1) is 10.2 Å². The monoisotopic (exact) mass is 497 g/mol. The number of amides is 1. The highest BCUT2D eigenvalue weighted by molar-refractivity contribution is 7.89. The molecule has 3 aromatic rings. The number of hydrogen-bond acceptors (Lipinski definition) is 9. The first kappa shape index (κ1) is 22.3. The second-order valence-electron chi connectivity index (χ2n) is 7.81. The topological polar surface area (TPSA) is 135 Å². The summed E-state index contributed by atoms with van der Waals surface area (Å²) in [5.74, 6) is 0.593. The number of nitriles is 1. The van der Waals surface area contributed by atoms with Crippen molar-refractivity contribution in [3.05, 3.63) is 58.0 Å². The van der Waals surface area contributed by atoms with E-state index in [0.29, 0.717) is 35.2 Å². The molecule has 0 bridgehead atoms. The number of aromatic nitrogens is 2. The Morgan fingerprint density at radius 3 is 2.88 bits per heavy atom. The second-order valence-corrected chi connectivity index (χ2v) is 10.8. The second kappa shape index (κ2) is 9.02. The normalized spacial score (nSPS) is 17.8. The molecule has 1 atom stereocenters. The summed E-state index contributed by atoms with van der Waals surface area (Å²) in [5, 5.41) is 20.9. The van der Waals surface area contributed by atoms with Crippen LogP contribution >= 0.6 is 11.3 Å². The van der Waals surface area contributed by atoms with Crippen LogP contribution in [0.3, 0.4) is 0 Å². The molecule has 3 heterocycles. The molecule has 1 amide bonds. The lowest BCUT2D eigenvalue weighted by Gasteiger charge is -2.30. The molecule has 2 aromatic carbocycles. The molecular formula is C22H19N5O5S2. The minimum Gasteiger partial charge on any atom is -0.454 e. The number of piperidine rings is 1. The van der Waals surface area contributed by atoms with Crippen LogP contribution in [0.5, 0.6) is 11.5 Å². The number of anilines is 1. The number of hydrogen-bond donors (Lipinski definition) is 1. The fraction of sp³-hybridized carbons (Fsp3) is 0.273. The molecule has 5 rings (SSSR count). The van der Waals surface area contributed by atoms with Gasteiger partial charge in [0.1, 0.15) is 5.01 Å². The average molecular weight is 498 g/mol. The quantitative estimate of drug-likeness (QED) is 0.569. The predicted molar refractivity (Wildman–Crippen MR) is 122 cm³/mol. The highest BCUT2D eigenvalue weighted by atomic mass is 32.2. The van der Waals surface area contributed by atoms with Crippen molar-refractivity contribution in [1.82, 2.24) is 14.5 Å². The van der Waals surface area contributed by atoms with Crippen molar-refractivity contribution in [1.29, 1.82) is 5.26 Å². The molecule has 2 aliphatic heterocycles. The summed E-state index contributed by atoms with van der Waals surface area (Å²) in [5.41, 5.74) is 0.831. The molecule has 34 heavy (non-hydrogen) atoms. The number of sulfonamides is 1.